The molecule has 0 atom stereocenters. The van der Waals surface area contributed by atoms with Crippen LogP contribution in [0.5, 0.6) is 0 Å². The molecule has 0 saturated heterocycles. The van der Waals surface area contributed by atoms with Crippen LogP contribution in [0.2, 0.25) is 0 Å². The summed E-state index contributed by atoms with van der Waals surface area (Å²) >= 11 is 0. The molecule has 0 aliphatic heterocycles. The Labute approximate surface area is 115 Å². The van der Waals surface area contributed by atoms with Crippen molar-refractivity contribution in [2.24, 2.45) is 0 Å². The van der Waals surface area contributed by atoms with Crippen molar-refractivity contribution >= 4 is 16.3 Å². The zero-order chi connectivity index (χ0) is 14.0. The van der Waals surface area contributed by atoms with Crippen LogP contribution >= 0.6 is 0 Å². The van der Waals surface area contributed by atoms with Gasteiger partial charge in [-0.2, -0.15) is 0 Å². The van der Waals surface area contributed by atoms with E-state index in [2.05, 4.69) is 33.4 Å². The van der Waals surface area contributed by atoms with E-state index in [0.717, 1.165) is 41.3 Å². The van der Waals surface area contributed by atoms with E-state index in [1.807, 2.05) is 12.1 Å². The Morgan fingerprint density at radius 3 is 2.58 bits per heavy atom. The summed E-state index contributed by atoms with van der Waals surface area (Å²) in [7, 11) is 0. The highest BCUT2D eigenvalue weighted by Crippen LogP contribution is 2.29. The molecule has 2 rings (SSSR count). The molecule has 0 heterocycles. The Kier molecular flexibility index (Phi) is 4.04. The van der Waals surface area contributed by atoms with Gasteiger partial charge in [-0.1, -0.05) is 32.1 Å². The summed E-state index contributed by atoms with van der Waals surface area (Å²) in [4.78, 5) is 0. The second kappa shape index (κ2) is 5.56. The first-order valence-electron chi connectivity index (χ1n) is 6.92. The zero-order valence-corrected chi connectivity index (χ0v) is 12.0. The van der Waals surface area contributed by atoms with Crippen LogP contribution < -0.4 is 0 Å². The molecule has 0 aliphatic rings. The fraction of sp³-hybridized carbons (Fsp3) is 0.333. The van der Waals surface area contributed by atoms with Gasteiger partial charge in [0.1, 0.15) is 5.82 Å². The number of rotatable bonds is 4. The predicted octanol–water partition coefficient (Wildman–Crippen LogP) is 5.80. The van der Waals surface area contributed by atoms with Crippen LogP contribution in [-0.4, -0.2) is 0 Å². The molecular formula is C18H21F. The molecule has 2 aromatic rings. The second-order valence-corrected chi connectivity index (χ2v) is 5.27. The summed E-state index contributed by atoms with van der Waals surface area (Å²) in [5.41, 5.74) is 4.32. The molecule has 0 unspecified atom stereocenters. The summed E-state index contributed by atoms with van der Waals surface area (Å²) in [6.07, 6.45) is 3.17. The van der Waals surface area contributed by atoms with Crippen molar-refractivity contribution in [3.8, 4) is 0 Å². The van der Waals surface area contributed by atoms with Crippen molar-refractivity contribution in [3.63, 3.8) is 0 Å². The lowest BCUT2D eigenvalue weighted by Crippen LogP contribution is -1.91. The molecular weight excluding hydrogens is 235 g/mol. The smallest absolute Gasteiger partial charge is 0.131 e. The number of unbranched alkanes of at least 4 members (excludes halogenated alkanes) is 1. The number of hydrogen-bond acceptors (Lipinski definition) is 0. The van der Waals surface area contributed by atoms with Crippen LogP contribution in [0.4, 0.5) is 4.39 Å². The minimum Gasteiger partial charge on any atom is -0.206 e. The van der Waals surface area contributed by atoms with E-state index in [1.54, 1.807) is 6.07 Å². The quantitative estimate of drug-likeness (QED) is 0.648. The van der Waals surface area contributed by atoms with Gasteiger partial charge in [-0.25, -0.2) is 4.39 Å². The third-order valence-corrected chi connectivity index (χ3v) is 3.87. The average Bonchev–Trinajstić information content (AvgIpc) is 2.40. The standard InChI is InChI=1S/C18H21F/c1-5-6-7-13(3)15-10-17-14(4)12(2)8-9-16(17)18(19)11-15/h8-11H,3,5-7H2,1-2,4H3. The first-order valence-corrected chi connectivity index (χ1v) is 6.92. The van der Waals surface area contributed by atoms with Crippen molar-refractivity contribution in [1.82, 2.24) is 0 Å². The first kappa shape index (κ1) is 13.8. The molecule has 0 radical (unpaired) electrons. The maximum Gasteiger partial charge on any atom is 0.131 e. The fourth-order valence-corrected chi connectivity index (χ4v) is 2.38. The Balaban J connectivity index is 2.54. The number of aryl methyl sites for hydroxylation is 2. The third kappa shape index (κ3) is 2.70. The lowest BCUT2D eigenvalue weighted by Gasteiger charge is -2.11. The van der Waals surface area contributed by atoms with E-state index in [4.69, 9.17) is 0 Å². The predicted molar refractivity (Wildman–Crippen MR) is 81.9 cm³/mol. The molecule has 0 fully saturated rings. The van der Waals surface area contributed by atoms with Gasteiger partial charge in [0.2, 0.25) is 0 Å². The van der Waals surface area contributed by atoms with Crippen LogP contribution in [-0.2, 0) is 0 Å². The highest BCUT2D eigenvalue weighted by Gasteiger charge is 2.09. The van der Waals surface area contributed by atoms with Crippen molar-refractivity contribution in [3.05, 3.63) is 53.4 Å². The van der Waals surface area contributed by atoms with Crippen molar-refractivity contribution in [2.45, 2.75) is 40.0 Å². The molecule has 0 spiro atoms. The van der Waals surface area contributed by atoms with Crippen LogP contribution in [0.3, 0.4) is 0 Å². The summed E-state index contributed by atoms with van der Waals surface area (Å²) in [5.74, 6) is -0.145. The molecule has 19 heavy (non-hydrogen) atoms. The van der Waals surface area contributed by atoms with E-state index >= 15 is 0 Å². The topological polar surface area (TPSA) is 0 Å². The summed E-state index contributed by atoms with van der Waals surface area (Å²) in [5, 5.41) is 1.71. The van der Waals surface area contributed by atoms with E-state index in [0.29, 0.717) is 5.39 Å². The van der Waals surface area contributed by atoms with Crippen LogP contribution in [0.25, 0.3) is 16.3 Å². The maximum atomic E-state index is 14.2. The van der Waals surface area contributed by atoms with Crippen LogP contribution in [0.1, 0.15) is 42.9 Å². The van der Waals surface area contributed by atoms with Gasteiger partial charge in [0.15, 0.2) is 0 Å². The van der Waals surface area contributed by atoms with Crippen molar-refractivity contribution in [2.75, 3.05) is 0 Å². The molecule has 0 bridgehead atoms. The van der Waals surface area contributed by atoms with Gasteiger partial charge < -0.3 is 0 Å². The monoisotopic (exact) mass is 256 g/mol. The molecule has 100 valence electrons. The van der Waals surface area contributed by atoms with Crippen molar-refractivity contribution < 1.29 is 4.39 Å². The van der Waals surface area contributed by atoms with E-state index in [-0.39, 0.29) is 5.82 Å². The fourth-order valence-electron chi connectivity index (χ4n) is 2.38. The Morgan fingerprint density at radius 2 is 1.89 bits per heavy atom. The van der Waals surface area contributed by atoms with Crippen LogP contribution in [0.15, 0.2) is 30.8 Å². The lowest BCUT2D eigenvalue weighted by molar-refractivity contribution is 0.639. The minimum absolute atomic E-state index is 0.145. The SMILES string of the molecule is C=C(CCCC)c1cc(F)c2ccc(C)c(C)c2c1. The minimum atomic E-state index is -0.145. The van der Waals surface area contributed by atoms with Gasteiger partial charge in [0, 0.05) is 5.39 Å². The molecule has 0 N–H and O–H groups in total. The zero-order valence-electron chi connectivity index (χ0n) is 12.0. The molecule has 2 aromatic carbocycles. The molecule has 0 aliphatic carbocycles. The molecule has 0 saturated carbocycles. The molecule has 0 nitrogen and oxygen atoms in total. The van der Waals surface area contributed by atoms with E-state index in [1.165, 1.54) is 5.56 Å². The molecule has 0 amide bonds. The maximum absolute atomic E-state index is 14.2. The summed E-state index contributed by atoms with van der Waals surface area (Å²) < 4.78 is 14.2. The Hall–Kier alpha value is -1.63. The van der Waals surface area contributed by atoms with Gasteiger partial charge in [-0.15, -0.1) is 0 Å². The highest BCUT2D eigenvalue weighted by atomic mass is 19.1. The Morgan fingerprint density at radius 1 is 1.16 bits per heavy atom. The van der Waals surface area contributed by atoms with E-state index < -0.39 is 0 Å². The van der Waals surface area contributed by atoms with Gasteiger partial charge in [0.05, 0.1) is 0 Å². The van der Waals surface area contributed by atoms with E-state index in [9.17, 15) is 4.39 Å². The van der Waals surface area contributed by atoms with Gasteiger partial charge >= 0.3 is 0 Å². The van der Waals surface area contributed by atoms with Gasteiger partial charge in [0.25, 0.3) is 0 Å². The number of benzene rings is 2. The number of halogens is 1. The van der Waals surface area contributed by atoms with Gasteiger partial charge in [-0.3, -0.25) is 0 Å². The largest absolute Gasteiger partial charge is 0.206 e. The summed E-state index contributed by atoms with van der Waals surface area (Å²) in [6.45, 7) is 10.4. The second-order valence-electron chi connectivity index (χ2n) is 5.27. The van der Waals surface area contributed by atoms with Crippen molar-refractivity contribution in [1.29, 1.82) is 0 Å². The number of allylic oxidation sites excluding steroid dienone is 1. The molecule has 1 heteroatoms. The normalized spacial score (nSPS) is 10.9. The first-order chi connectivity index (χ1) is 9.04. The number of fused-ring (bicyclic) bond motifs is 1. The lowest BCUT2D eigenvalue weighted by atomic mass is 9.94. The van der Waals surface area contributed by atoms with Crippen LogP contribution in [0, 0.1) is 19.7 Å². The highest BCUT2D eigenvalue weighted by molar-refractivity contribution is 5.90. The Bertz CT molecular complexity index is 623. The number of hydrogen-bond donors (Lipinski definition) is 0. The molecule has 0 aromatic heterocycles. The average molecular weight is 256 g/mol. The van der Waals surface area contributed by atoms with Gasteiger partial charge in [-0.05, 0) is 66.5 Å². The third-order valence-electron chi connectivity index (χ3n) is 3.87. The summed E-state index contributed by atoms with van der Waals surface area (Å²) in [6, 6.07) is 7.55.